The maximum Gasteiger partial charge on any atom is 0.322 e. The van der Waals surface area contributed by atoms with Gasteiger partial charge in [0.25, 0.3) is 11.8 Å². The SMILES string of the molecule is O=C(Nc1nnc(-c2cc3ccccc3o2)o1)c1ccc(S(=O)(=O)N2CCCCCC2)cc1. The summed E-state index contributed by atoms with van der Waals surface area (Å²) in [7, 11) is -3.57. The summed E-state index contributed by atoms with van der Waals surface area (Å²) in [4.78, 5) is 12.8. The van der Waals surface area contributed by atoms with Crippen LogP contribution in [0.5, 0.6) is 0 Å². The van der Waals surface area contributed by atoms with Crippen molar-refractivity contribution in [3.8, 4) is 11.7 Å². The van der Waals surface area contributed by atoms with Crippen molar-refractivity contribution in [3.63, 3.8) is 0 Å². The highest BCUT2D eigenvalue weighted by Gasteiger charge is 2.25. The summed E-state index contributed by atoms with van der Waals surface area (Å²) in [5, 5.41) is 11.2. The molecule has 0 aliphatic carbocycles. The third-order valence-corrected chi connectivity index (χ3v) is 7.51. The lowest BCUT2D eigenvalue weighted by Crippen LogP contribution is -2.31. The van der Waals surface area contributed by atoms with E-state index in [-0.39, 0.29) is 22.4 Å². The number of hydrogen-bond donors (Lipinski definition) is 1. The van der Waals surface area contributed by atoms with Gasteiger partial charge in [-0.05, 0) is 49.2 Å². The minimum absolute atomic E-state index is 0.0864. The fraction of sp³-hybridized carbons (Fsp3) is 0.261. The third kappa shape index (κ3) is 4.39. The van der Waals surface area contributed by atoms with Gasteiger partial charge in [-0.15, -0.1) is 5.10 Å². The summed E-state index contributed by atoms with van der Waals surface area (Å²) >= 11 is 0. The van der Waals surface area contributed by atoms with Crippen LogP contribution in [0.25, 0.3) is 22.6 Å². The van der Waals surface area contributed by atoms with Crippen LogP contribution in [0, 0.1) is 0 Å². The molecule has 0 spiro atoms. The first-order chi connectivity index (χ1) is 16.0. The molecule has 1 amide bonds. The van der Waals surface area contributed by atoms with Crippen LogP contribution in [0.4, 0.5) is 6.01 Å². The van der Waals surface area contributed by atoms with E-state index < -0.39 is 15.9 Å². The zero-order valence-electron chi connectivity index (χ0n) is 17.7. The quantitative estimate of drug-likeness (QED) is 0.466. The average Bonchev–Trinajstić information content (AvgIpc) is 3.37. The number of rotatable bonds is 5. The highest BCUT2D eigenvalue weighted by molar-refractivity contribution is 7.89. The Morgan fingerprint density at radius 1 is 0.909 bits per heavy atom. The van der Waals surface area contributed by atoms with Gasteiger partial charge >= 0.3 is 6.01 Å². The molecule has 3 heterocycles. The zero-order valence-corrected chi connectivity index (χ0v) is 18.5. The number of para-hydroxylation sites is 1. The molecule has 0 unspecified atom stereocenters. The van der Waals surface area contributed by atoms with Gasteiger partial charge in [0.2, 0.25) is 10.0 Å². The van der Waals surface area contributed by atoms with Crippen molar-refractivity contribution in [1.29, 1.82) is 0 Å². The second-order valence-corrected chi connectivity index (χ2v) is 9.80. The largest absolute Gasteiger partial charge is 0.451 e. The first-order valence-electron chi connectivity index (χ1n) is 10.7. The van der Waals surface area contributed by atoms with Crippen LogP contribution in [0.3, 0.4) is 0 Å². The molecule has 0 saturated carbocycles. The predicted molar refractivity (Wildman–Crippen MR) is 121 cm³/mol. The first-order valence-corrected chi connectivity index (χ1v) is 12.2. The Labute approximate surface area is 190 Å². The van der Waals surface area contributed by atoms with Gasteiger partial charge in [0, 0.05) is 24.0 Å². The number of nitrogens with one attached hydrogen (secondary N) is 1. The van der Waals surface area contributed by atoms with Crippen LogP contribution in [0.1, 0.15) is 36.0 Å². The number of carbonyl (C=O) groups excluding carboxylic acids is 1. The number of fused-ring (bicyclic) bond motifs is 1. The molecule has 4 aromatic rings. The minimum atomic E-state index is -3.57. The Hall–Kier alpha value is -3.50. The molecule has 1 aliphatic rings. The number of furan rings is 1. The second kappa shape index (κ2) is 8.80. The van der Waals surface area contributed by atoms with Gasteiger partial charge in [0.15, 0.2) is 5.76 Å². The molecule has 1 aliphatic heterocycles. The van der Waals surface area contributed by atoms with E-state index in [2.05, 4.69) is 15.5 Å². The molecular weight excluding hydrogens is 444 g/mol. The van der Waals surface area contributed by atoms with Crippen LogP contribution < -0.4 is 5.32 Å². The fourth-order valence-electron chi connectivity index (χ4n) is 3.84. The smallest absolute Gasteiger partial charge is 0.322 e. The lowest BCUT2D eigenvalue weighted by molar-refractivity contribution is 0.102. The van der Waals surface area contributed by atoms with Crippen molar-refractivity contribution in [2.75, 3.05) is 18.4 Å². The first kappa shape index (κ1) is 21.4. The van der Waals surface area contributed by atoms with E-state index in [0.29, 0.717) is 24.4 Å². The van der Waals surface area contributed by atoms with Crippen molar-refractivity contribution >= 4 is 32.9 Å². The van der Waals surface area contributed by atoms with Gasteiger partial charge in [-0.3, -0.25) is 10.1 Å². The van der Waals surface area contributed by atoms with Crippen molar-refractivity contribution in [3.05, 3.63) is 60.2 Å². The van der Waals surface area contributed by atoms with Crippen molar-refractivity contribution in [2.45, 2.75) is 30.6 Å². The molecule has 0 atom stereocenters. The van der Waals surface area contributed by atoms with Crippen LogP contribution in [-0.4, -0.2) is 41.9 Å². The number of benzene rings is 2. The van der Waals surface area contributed by atoms with Crippen molar-refractivity contribution in [2.24, 2.45) is 0 Å². The van der Waals surface area contributed by atoms with E-state index >= 15 is 0 Å². The number of nitrogens with zero attached hydrogens (tertiary/aromatic N) is 3. The lowest BCUT2D eigenvalue weighted by Gasteiger charge is -2.19. The van der Waals surface area contributed by atoms with Crippen LogP contribution in [0.2, 0.25) is 0 Å². The highest BCUT2D eigenvalue weighted by Crippen LogP contribution is 2.28. The Balaban J connectivity index is 1.28. The van der Waals surface area contributed by atoms with Gasteiger partial charge in [0.1, 0.15) is 5.58 Å². The number of sulfonamides is 1. The number of hydrogen-bond acceptors (Lipinski definition) is 7. The maximum atomic E-state index is 12.9. The molecule has 33 heavy (non-hydrogen) atoms. The van der Waals surface area contributed by atoms with Gasteiger partial charge in [0.05, 0.1) is 4.90 Å². The van der Waals surface area contributed by atoms with Crippen molar-refractivity contribution < 1.29 is 22.0 Å². The second-order valence-electron chi connectivity index (χ2n) is 7.86. The molecule has 1 N–H and O–H groups in total. The van der Waals surface area contributed by atoms with E-state index in [9.17, 15) is 13.2 Å². The molecule has 0 bridgehead atoms. The molecule has 170 valence electrons. The van der Waals surface area contributed by atoms with Crippen LogP contribution >= 0.6 is 0 Å². The van der Waals surface area contributed by atoms with E-state index in [1.165, 1.54) is 28.6 Å². The molecule has 2 aromatic carbocycles. The molecule has 5 rings (SSSR count). The maximum absolute atomic E-state index is 12.9. The van der Waals surface area contributed by atoms with Gasteiger partial charge in [-0.2, -0.15) is 4.31 Å². The number of carbonyl (C=O) groups is 1. The normalized spacial score (nSPS) is 15.4. The standard InChI is InChI=1S/C23H22N4O5S/c28-21(16-9-11-18(12-10-16)33(29,30)27-13-5-1-2-6-14-27)24-23-26-25-22(32-23)20-15-17-7-3-4-8-19(17)31-20/h3-4,7-12,15H,1-2,5-6,13-14H2,(H,24,26,28). The molecule has 10 heteroatoms. The summed E-state index contributed by atoms with van der Waals surface area (Å²) in [6.07, 6.45) is 3.80. The summed E-state index contributed by atoms with van der Waals surface area (Å²) in [6.45, 7) is 1.05. The van der Waals surface area contributed by atoms with E-state index in [1.807, 2.05) is 24.3 Å². The fourth-order valence-corrected chi connectivity index (χ4v) is 5.36. The van der Waals surface area contributed by atoms with Crippen LogP contribution in [0.15, 0.2) is 68.3 Å². The number of amides is 1. The number of aromatic nitrogens is 2. The molecule has 1 saturated heterocycles. The van der Waals surface area contributed by atoms with E-state index in [0.717, 1.165) is 31.1 Å². The molecule has 2 aromatic heterocycles. The summed E-state index contributed by atoms with van der Waals surface area (Å²) in [5.74, 6) is 0.0428. The average molecular weight is 467 g/mol. The summed E-state index contributed by atoms with van der Waals surface area (Å²) in [6, 6.07) is 15.0. The summed E-state index contributed by atoms with van der Waals surface area (Å²) in [5.41, 5.74) is 0.958. The minimum Gasteiger partial charge on any atom is -0.451 e. The van der Waals surface area contributed by atoms with Crippen LogP contribution in [-0.2, 0) is 10.0 Å². The Kier molecular flexibility index (Phi) is 5.69. The number of anilines is 1. The lowest BCUT2D eigenvalue weighted by atomic mass is 10.2. The van der Waals surface area contributed by atoms with Gasteiger partial charge in [-0.1, -0.05) is 36.1 Å². The topological polar surface area (TPSA) is 119 Å². The van der Waals surface area contributed by atoms with E-state index in [1.54, 1.807) is 6.07 Å². The Morgan fingerprint density at radius 2 is 1.64 bits per heavy atom. The predicted octanol–water partition coefficient (Wildman–Crippen LogP) is 4.30. The van der Waals surface area contributed by atoms with E-state index in [4.69, 9.17) is 8.83 Å². The molecule has 9 nitrogen and oxygen atoms in total. The highest BCUT2D eigenvalue weighted by atomic mass is 32.2. The Morgan fingerprint density at radius 3 is 2.36 bits per heavy atom. The van der Waals surface area contributed by atoms with Gasteiger partial charge in [-0.25, -0.2) is 8.42 Å². The Bertz CT molecular complexity index is 1350. The molecule has 1 fully saturated rings. The monoisotopic (exact) mass is 466 g/mol. The summed E-state index contributed by atoms with van der Waals surface area (Å²) < 4.78 is 38.5. The third-order valence-electron chi connectivity index (χ3n) is 5.60. The molecular formula is C23H22N4O5S. The van der Waals surface area contributed by atoms with Gasteiger partial charge < -0.3 is 8.83 Å². The van der Waals surface area contributed by atoms with Crippen molar-refractivity contribution in [1.82, 2.24) is 14.5 Å². The molecule has 0 radical (unpaired) electrons. The zero-order chi connectivity index (χ0) is 22.8.